The predicted octanol–water partition coefficient (Wildman–Crippen LogP) is 3.74. The third kappa shape index (κ3) is 10.7. The summed E-state index contributed by atoms with van der Waals surface area (Å²) < 4.78 is 41.7. The SMILES string of the molecule is CCNC(=NCCCOc1ccccc1)NCCCCC(F)(F)F. The lowest BCUT2D eigenvalue weighted by Crippen LogP contribution is -2.38. The average Bonchev–Trinajstić information content (AvgIpc) is 2.54. The van der Waals surface area contributed by atoms with E-state index in [-0.39, 0.29) is 6.42 Å². The topological polar surface area (TPSA) is 45.7 Å². The Balaban J connectivity index is 2.17. The van der Waals surface area contributed by atoms with E-state index in [9.17, 15) is 13.2 Å². The molecule has 0 radical (unpaired) electrons. The Hall–Kier alpha value is -1.92. The minimum atomic E-state index is -4.07. The first-order valence-electron chi connectivity index (χ1n) is 8.28. The zero-order valence-electron chi connectivity index (χ0n) is 14.0. The largest absolute Gasteiger partial charge is 0.494 e. The van der Waals surface area contributed by atoms with Gasteiger partial charge in [0.15, 0.2) is 5.96 Å². The zero-order chi connectivity index (χ0) is 17.7. The standard InChI is InChI=1S/C17H26F3N3O/c1-2-21-16(22-12-7-6-11-17(18,19)20)23-13-8-14-24-15-9-4-3-5-10-15/h3-5,9-10H,2,6-8,11-14H2,1H3,(H2,21,22,23). The fourth-order valence-electron chi connectivity index (χ4n) is 1.96. The Kier molecular flexibility index (Phi) is 9.72. The highest BCUT2D eigenvalue weighted by Gasteiger charge is 2.25. The number of hydrogen-bond acceptors (Lipinski definition) is 2. The molecular formula is C17H26F3N3O. The molecule has 4 nitrogen and oxygen atoms in total. The van der Waals surface area contributed by atoms with Gasteiger partial charge in [0.2, 0.25) is 0 Å². The summed E-state index contributed by atoms with van der Waals surface area (Å²) >= 11 is 0. The maximum Gasteiger partial charge on any atom is 0.389 e. The molecule has 0 saturated heterocycles. The van der Waals surface area contributed by atoms with Crippen molar-refractivity contribution in [2.24, 2.45) is 4.99 Å². The maximum absolute atomic E-state index is 12.1. The quantitative estimate of drug-likeness (QED) is 0.386. The van der Waals surface area contributed by atoms with Crippen molar-refractivity contribution in [1.29, 1.82) is 0 Å². The number of rotatable bonds is 10. The number of hydrogen-bond donors (Lipinski definition) is 2. The number of ether oxygens (including phenoxy) is 1. The van der Waals surface area contributed by atoms with Gasteiger partial charge in [-0.1, -0.05) is 18.2 Å². The van der Waals surface area contributed by atoms with E-state index < -0.39 is 12.6 Å². The molecule has 0 fully saturated rings. The van der Waals surface area contributed by atoms with E-state index in [0.29, 0.717) is 38.6 Å². The first kappa shape index (κ1) is 20.1. The number of para-hydroxylation sites is 1. The van der Waals surface area contributed by atoms with Gasteiger partial charge in [-0.15, -0.1) is 0 Å². The van der Waals surface area contributed by atoms with Gasteiger partial charge in [-0.25, -0.2) is 0 Å². The molecule has 0 bridgehead atoms. The highest BCUT2D eigenvalue weighted by molar-refractivity contribution is 5.79. The molecule has 1 aromatic carbocycles. The van der Waals surface area contributed by atoms with Gasteiger partial charge in [-0.05, 0) is 31.9 Å². The van der Waals surface area contributed by atoms with Crippen LogP contribution in [0.15, 0.2) is 35.3 Å². The lowest BCUT2D eigenvalue weighted by Gasteiger charge is -2.12. The second-order valence-electron chi connectivity index (χ2n) is 5.27. The highest BCUT2D eigenvalue weighted by Crippen LogP contribution is 2.21. The van der Waals surface area contributed by atoms with E-state index in [1.807, 2.05) is 37.3 Å². The minimum Gasteiger partial charge on any atom is -0.494 e. The summed E-state index contributed by atoms with van der Waals surface area (Å²) in [6.07, 6.45) is -3.46. The fraction of sp³-hybridized carbons (Fsp3) is 0.588. The van der Waals surface area contributed by atoms with Gasteiger partial charge >= 0.3 is 6.18 Å². The van der Waals surface area contributed by atoms with Crippen LogP contribution in [0.25, 0.3) is 0 Å². The summed E-state index contributed by atoms with van der Waals surface area (Å²) in [6.45, 7) is 4.28. The van der Waals surface area contributed by atoms with Crippen molar-refractivity contribution >= 4 is 5.96 Å². The number of aliphatic imine (C=N–C) groups is 1. The van der Waals surface area contributed by atoms with E-state index in [1.165, 1.54) is 0 Å². The van der Waals surface area contributed by atoms with Crippen LogP contribution in [0.1, 0.15) is 32.6 Å². The van der Waals surface area contributed by atoms with E-state index >= 15 is 0 Å². The molecule has 0 unspecified atom stereocenters. The van der Waals surface area contributed by atoms with E-state index in [2.05, 4.69) is 15.6 Å². The summed E-state index contributed by atoms with van der Waals surface area (Å²) in [5.41, 5.74) is 0. The van der Waals surface area contributed by atoms with Crippen LogP contribution in [0.2, 0.25) is 0 Å². The molecule has 0 spiro atoms. The lowest BCUT2D eigenvalue weighted by atomic mass is 10.2. The third-order valence-corrected chi connectivity index (χ3v) is 3.11. The molecule has 0 saturated carbocycles. The van der Waals surface area contributed by atoms with E-state index in [1.54, 1.807) is 0 Å². The monoisotopic (exact) mass is 345 g/mol. The number of alkyl halides is 3. The molecule has 136 valence electrons. The summed E-state index contributed by atoms with van der Waals surface area (Å²) in [5, 5.41) is 6.12. The number of unbranched alkanes of at least 4 members (excludes halogenated alkanes) is 1. The number of nitrogens with one attached hydrogen (secondary N) is 2. The highest BCUT2D eigenvalue weighted by atomic mass is 19.4. The van der Waals surface area contributed by atoms with Crippen LogP contribution in [-0.4, -0.2) is 38.4 Å². The smallest absolute Gasteiger partial charge is 0.389 e. The van der Waals surface area contributed by atoms with Gasteiger partial charge in [-0.3, -0.25) is 4.99 Å². The van der Waals surface area contributed by atoms with Gasteiger partial charge in [0.05, 0.1) is 6.61 Å². The van der Waals surface area contributed by atoms with Gasteiger partial charge in [-0.2, -0.15) is 13.2 Å². The molecule has 0 aliphatic carbocycles. The first-order chi connectivity index (χ1) is 11.5. The number of halogens is 3. The molecule has 2 N–H and O–H groups in total. The van der Waals surface area contributed by atoms with Crippen LogP contribution < -0.4 is 15.4 Å². The van der Waals surface area contributed by atoms with Crippen LogP contribution in [0.3, 0.4) is 0 Å². The van der Waals surface area contributed by atoms with Gasteiger partial charge in [0, 0.05) is 32.5 Å². The predicted molar refractivity (Wildman–Crippen MR) is 90.4 cm³/mol. The fourth-order valence-corrected chi connectivity index (χ4v) is 1.96. The van der Waals surface area contributed by atoms with Crippen LogP contribution in [-0.2, 0) is 0 Å². The molecule has 0 atom stereocenters. The second-order valence-corrected chi connectivity index (χ2v) is 5.27. The normalized spacial score (nSPS) is 12.1. The Bertz CT molecular complexity index is 464. The van der Waals surface area contributed by atoms with Gasteiger partial charge < -0.3 is 15.4 Å². The van der Waals surface area contributed by atoms with E-state index in [0.717, 1.165) is 12.2 Å². The van der Waals surface area contributed by atoms with Crippen LogP contribution in [0, 0.1) is 0 Å². The number of nitrogens with zero attached hydrogens (tertiary/aromatic N) is 1. The zero-order valence-corrected chi connectivity index (χ0v) is 14.0. The van der Waals surface area contributed by atoms with Crippen molar-refractivity contribution in [2.45, 2.75) is 38.8 Å². The van der Waals surface area contributed by atoms with Crippen molar-refractivity contribution in [3.05, 3.63) is 30.3 Å². The molecule has 0 aliphatic heterocycles. The Morgan fingerprint density at radius 1 is 1.08 bits per heavy atom. The summed E-state index contributed by atoms with van der Waals surface area (Å²) in [6, 6.07) is 9.56. The maximum atomic E-state index is 12.1. The third-order valence-electron chi connectivity index (χ3n) is 3.11. The molecular weight excluding hydrogens is 319 g/mol. The first-order valence-corrected chi connectivity index (χ1v) is 8.28. The Morgan fingerprint density at radius 2 is 1.83 bits per heavy atom. The number of guanidine groups is 1. The van der Waals surface area contributed by atoms with Crippen molar-refractivity contribution < 1.29 is 17.9 Å². The molecule has 0 aliphatic rings. The Morgan fingerprint density at radius 3 is 2.50 bits per heavy atom. The summed E-state index contributed by atoms with van der Waals surface area (Å²) in [5.74, 6) is 1.46. The molecule has 0 amide bonds. The second kappa shape index (κ2) is 11.6. The molecule has 1 rings (SSSR count). The van der Waals surface area contributed by atoms with Crippen molar-refractivity contribution in [3.63, 3.8) is 0 Å². The van der Waals surface area contributed by atoms with E-state index in [4.69, 9.17) is 4.74 Å². The van der Waals surface area contributed by atoms with Crippen molar-refractivity contribution in [2.75, 3.05) is 26.2 Å². The van der Waals surface area contributed by atoms with Crippen molar-refractivity contribution in [3.8, 4) is 5.75 Å². The van der Waals surface area contributed by atoms with Crippen LogP contribution in [0.5, 0.6) is 5.75 Å². The lowest BCUT2D eigenvalue weighted by molar-refractivity contribution is -0.135. The Labute approximate surface area is 141 Å². The van der Waals surface area contributed by atoms with Crippen LogP contribution in [0.4, 0.5) is 13.2 Å². The average molecular weight is 345 g/mol. The molecule has 24 heavy (non-hydrogen) atoms. The minimum absolute atomic E-state index is 0.126. The van der Waals surface area contributed by atoms with Gasteiger partial charge in [0.25, 0.3) is 0 Å². The molecule has 0 aromatic heterocycles. The summed E-state index contributed by atoms with van der Waals surface area (Å²) in [7, 11) is 0. The molecule has 0 heterocycles. The summed E-state index contributed by atoms with van der Waals surface area (Å²) in [4.78, 5) is 4.38. The number of benzene rings is 1. The van der Waals surface area contributed by atoms with Crippen molar-refractivity contribution in [1.82, 2.24) is 10.6 Å². The molecule has 7 heteroatoms. The molecule has 1 aromatic rings. The van der Waals surface area contributed by atoms with Crippen LogP contribution >= 0.6 is 0 Å². The van der Waals surface area contributed by atoms with Gasteiger partial charge in [0.1, 0.15) is 5.75 Å².